The van der Waals surface area contributed by atoms with Crippen LogP contribution in [0.15, 0.2) is 48.7 Å². The van der Waals surface area contributed by atoms with Gasteiger partial charge in [0.2, 0.25) is 0 Å². The molecule has 3 aromatic rings. The number of nitrogens with one attached hydrogen (secondary N) is 1. The van der Waals surface area contributed by atoms with Crippen LogP contribution in [0, 0.1) is 0 Å². The summed E-state index contributed by atoms with van der Waals surface area (Å²) in [7, 11) is 0. The molecule has 188 valence electrons. The van der Waals surface area contributed by atoms with Gasteiger partial charge < -0.3 is 15.8 Å². The first-order valence-corrected chi connectivity index (χ1v) is 11.1. The van der Waals surface area contributed by atoms with Crippen LogP contribution >= 0.6 is 11.3 Å². The van der Waals surface area contributed by atoms with Gasteiger partial charge in [-0.2, -0.15) is 26.3 Å². The number of hydrogen-bond donors (Lipinski definition) is 2. The van der Waals surface area contributed by atoms with Crippen LogP contribution in [0.1, 0.15) is 57.1 Å². The lowest BCUT2D eigenvalue weighted by Gasteiger charge is -2.19. The third-order valence-electron chi connectivity index (χ3n) is 5.11. The Hall–Kier alpha value is -3.28. The second-order valence-electron chi connectivity index (χ2n) is 7.76. The number of thiophene rings is 1. The molecule has 2 aromatic heterocycles. The minimum Gasteiger partial charge on any atom is -0.484 e. The van der Waals surface area contributed by atoms with Crippen LogP contribution in [-0.4, -0.2) is 17.4 Å². The number of rotatable bonds is 8. The molecule has 0 saturated carbocycles. The summed E-state index contributed by atoms with van der Waals surface area (Å²) < 4.78 is 83.9. The molecule has 5 nitrogen and oxygen atoms in total. The second kappa shape index (κ2) is 10.1. The molecule has 0 radical (unpaired) electrons. The summed E-state index contributed by atoms with van der Waals surface area (Å²) in [6.07, 6.45) is -9.38. The molecule has 12 heteroatoms. The number of anilines is 1. The normalized spacial score (nSPS) is 13.8. The summed E-state index contributed by atoms with van der Waals surface area (Å²) in [5, 5.41) is 2.92. The van der Waals surface area contributed by atoms with Gasteiger partial charge in [-0.3, -0.25) is 4.79 Å². The molecule has 3 N–H and O–H groups in total. The highest BCUT2D eigenvalue weighted by molar-refractivity contribution is 7.14. The number of nitrogens with zero attached hydrogens (tertiary/aromatic N) is 1. The number of primary amides is 1. The van der Waals surface area contributed by atoms with E-state index in [0.717, 1.165) is 29.7 Å². The number of halogens is 6. The van der Waals surface area contributed by atoms with Crippen molar-refractivity contribution in [3.8, 4) is 5.75 Å². The van der Waals surface area contributed by atoms with Crippen molar-refractivity contribution >= 4 is 23.1 Å². The zero-order valence-electron chi connectivity index (χ0n) is 18.5. The number of nitrogens with two attached hydrogens (primary N) is 1. The number of benzene rings is 1. The molecule has 0 saturated heterocycles. The Morgan fingerprint density at radius 2 is 1.77 bits per heavy atom. The van der Waals surface area contributed by atoms with Crippen LogP contribution in [0.4, 0.5) is 32.2 Å². The number of aromatic nitrogens is 1. The minimum absolute atomic E-state index is 0.0517. The quantitative estimate of drug-likeness (QED) is 0.329. The molecule has 2 heterocycles. The van der Waals surface area contributed by atoms with E-state index in [1.165, 1.54) is 37.3 Å². The van der Waals surface area contributed by atoms with Crippen LogP contribution in [-0.2, 0) is 12.4 Å². The maximum Gasteiger partial charge on any atom is 0.417 e. The van der Waals surface area contributed by atoms with E-state index in [9.17, 15) is 31.1 Å². The van der Waals surface area contributed by atoms with Gasteiger partial charge in [-0.05, 0) is 31.2 Å². The number of ether oxygens (including phenoxy) is 1. The largest absolute Gasteiger partial charge is 0.484 e. The summed E-state index contributed by atoms with van der Waals surface area (Å²) in [5.74, 6) is -0.763. The van der Waals surface area contributed by atoms with Crippen LogP contribution < -0.4 is 15.8 Å². The zero-order valence-corrected chi connectivity index (χ0v) is 19.3. The van der Waals surface area contributed by atoms with E-state index >= 15 is 0 Å². The minimum atomic E-state index is -4.58. The van der Waals surface area contributed by atoms with Crippen molar-refractivity contribution in [2.24, 2.45) is 5.73 Å². The monoisotopic (exact) mass is 517 g/mol. The SMILES string of the molecule is CC(CNc1ccc(C(F)(F)F)cn1)c1cc(OC(C)c2ccccc2C(F)(F)F)c(C(N)=O)s1. The van der Waals surface area contributed by atoms with Gasteiger partial charge in [0, 0.05) is 29.1 Å². The molecule has 1 amide bonds. The van der Waals surface area contributed by atoms with E-state index in [1.54, 1.807) is 6.92 Å². The standard InChI is InChI=1S/C23H21F6N3O2S/c1-12(10-31-19-8-7-14(11-32-19)22(24,25)26)18-9-17(20(35-18)21(30)33)34-13(2)15-5-3-4-6-16(15)23(27,28)29/h3-9,11-13H,10H2,1-2H3,(H2,30,33)(H,31,32). The third kappa shape index (κ3) is 6.44. The lowest BCUT2D eigenvalue weighted by molar-refractivity contribution is -0.139. The van der Waals surface area contributed by atoms with E-state index in [-0.39, 0.29) is 34.5 Å². The van der Waals surface area contributed by atoms with E-state index in [4.69, 9.17) is 10.5 Å². The molecule has 0 bridgehead atoms. The average Bonchev–Trinajstić information content (AvgIpc) is 3.20. The molecule has 0 fully saturated rings. The molecule has 0 aliphatic rings. The van der Waals surface area contributed by atoms with Crippen molar-refractivity contribution in [2.45, 2.75) is 38.2 Å². The second-order valence-corrected chi connectivity index (χ2v) is 8.85. The van der Waals surface area contributed by atoms with Gasteiger partial charge in [-0.25, -0.2) is 4.98 Å². The first kappa shape index (κ1) is 26.3. The smallest absolute Gasteiger partial charge is 0.417 e. The molecular weight excluding hydrogens is 496 g/mol. The molecule has 2 unspecified atom stereocenters. The highest BCUT2D eigenvalue weighted by atomic mass is 32.1. The lowest BCUT2D eigenvalue weighted by Crippen LogP contribution is -2.15. The highest BCUT2D eigenvalue weighted by Gasteiger charge is 2.35. The van der Waals surface area contributed by atoms with Gasteiger partial charge in [0.25, 0.3) is 5.91 Å². The average molecular weight is 517 g/mol. The first-order chi connectivity index (χ1) is 16.3. The molecule has 0 aliphatic heterocycles. The van der Waals surface area contributed by atoms with Gasteiger partial charge in [0.05, 0.1) is 11.1 Å². The van der Waals surface area contributed by atoms with E-state index in [0.29, 0.717) is 4.88 Å². The highest BCUT2D eigenvalue weighted by Crippen LogP contribution is 2.39. The van der Waals surface area contributed by atoms with Crippen LogP contribution in [0.3, 0.4) is 0 Å². The van der Waals surface area contributed by atoms with Gasteiger partial charge in [-0.15, -0.1) is 11.3 Å². The summed E-state index contributed by atoms with van der Waals surface area (Å²) in [5.41, 5.74) is 3.64. The van der Waals surface area contributed by atoms with E-state index in [1.807, 2.05) is 0 Å². The molecule has 0 aliphatic carbocycles. The van der Waals surface area contributed by atoms with Crippen molar-refractivity contribution in [1.82, 2.24) is 4.98 Å². The maximum atomic E-state index is 13.4. The Kier molecular flexibility index (Phi) is 7.63. The van der Waals surface area contributed by atoms with Gasteiger partial charge in [-0.1, -0.05) is 25.1 Å². The first-order valence-electron chi connectivity index (χ1n) is 10.3. The Labute approximate surface area is 200 Å². The molecule has 0 spiro atoms. The summed E-state index contributed by atoms with van der Waals surface area (Å²) >= 11 is 1.03. The molecule has 2 atom stereocenters. The van der Waals surface area contributed by atoms with Crippen molar-refractivity contribution in [2.75, 3.05) is 11.9 Å². The summed E-state index contributed by atoms with van der Waals surface area (Å²) in [4.78, 5) is 16.4. The van der Waals surface area contributed by atoms with Crippen molar-refractivity contribution in [3.63, 3.8) is 0 Å². The van der Waals surface area contributed by atoms with Crippen LogP contribution in [0.5, 0.6) is 5.75 Å². The van der Waals surface area contributed by atoms with Crippen molar-refractivity contribution in [1.29, 1.82) is 0 Å². The van der Waals surface area contributed by atoms with Gasteiger partial charge in [0.15, 0.2) is 0 Å². The Bertz CT molecular complexity index is 1180. The fourth-order valence-electron chi connectivity index (χ4n) is 3.28. The predicted molar refractivity (Wildman–Crippen MR) is 119 cm³/mol. The third-order valence-corrected chi connectivity index (χ3v) is 6.48. The van der Waals surface area contributed by atoms with Crippen LogP contribution in [0.25, 0.3) is 0 Å². The number of alkyl halides is 6. The summed E-state index contributed by atoms with van der Waals surface area (Å²) in [6, 6.07) is 8.62. The van der Waals surface area contributed by atoms with Crippen molar-refractivity contribution in [3.05, 3.63) is 75.1 Å². The zero-order chi connectivity index (χ0) is 26.0. The Morgan fingerprint density at radius 3 is 2.34 bits per heavy atom. The topological polar surface area (TPSA) is 77.2 Å². The number of hydrogen-bond acceptors (Lipinski definition) is 5. The number of amides is 1. The predicted octanol–water partition coefficient (Wildman–Crippen LogP) is 6.64. The fourth-order valence-corrected chi connectivity index (χ4v) is 4.28. The van der Waals surface area contributed by atoms with E-state index in [2.05, 4.69) is 10.3 Å². The lowest BCUT2D eigenvalue weighted by atomic mass is 10.0. The molecule has 3 rings (SSSR count). The Balaban J connectivity index is 1.75. The van der Waals surface area contributed by atoms with Crippen LogP contribution in [0.2, 0.25) is 0 Å². The molecule has 35 heavy (non-hydrogen) atoms. The Morgan fingerprint density at radius 1 is 1.09 bits per heavy atom. The fraction of sp³-hybridized carbons (Fsp3) is 0.304. The maximum absolute atomic E-state index is 13.4. The van der Waals surface area contributed by atoms with E-state index < -0.39 is 35.5 Å². The number of carbonyl (C=O) groups is 1. The summed E-state index contributed by atoms with van der Waals surface area (Å²) in [6.45, 7) is 3.48. The molecular formula is C23H21F6N3O2S. The number of pyridine rings is 1. The van der Waals surface area contributed by atoms with Gasteiger partial charge in [0.1, 0.15) is 22.5 Å². The van der Waals surface area contributed by atoms with Crippen molar-refractivity contribution < 1.29 is 35.9 Å². The molecule has 1 aromatic carbocycles. The number of carbonyl (C=O) groups excluding carboxylic acids is 1. The van der Waals surface area contributed by atoms with Gasteiger partial charge >= 0.3 is 12.4 Å².